The van der Waals surface area contributed by atoms with Gasteiger partial charge >= 0.3 is 0 Å². The van der Waals surface area contributed by atoms with Crippen LogP contribution in [-0.4, -0.2) is 30.9 Å². The molecule has 16 heavy (non-hydrogen) atoms. The van der Waals surface area contributed by atoms with Gasteiger partial charge in [0.05, 0.1) is 10.7 Å². The highest BCUT2D eigenvalue weighted by molar-refractivity contribution is 7.99. The molecule has 0 bridgehead atoms. The zero-order chi connectivity index (χ0) is 11.5. The first kappa shape index (κ1) is 11.8. The summed E-state index contributed by atoms with van der Waals surface area (Å²) in [4.78, 5) is 13.2. The van der Waals surface area contributed by atoms with E-state index in [4.69, 9.17) is 11.6 Å². The van der Waals surface area contributed by atoms with Crippen molar-refractivity contribution in [2.45, 2.75) is 12.5 Å². The molecule has 0 spiro atoms. The lowest BCUT2D eigenvalue weighted by Crippen LogP contribution is -2.32. The van der Waals surface area contributed by atoms with Gasteiger partial charge in [-0.1, -0.05) is 17.7 Å². The van der Waals surface area contributed by atoms with Crippen LogP contribution in [0, 0.1) is 0 Å². The van der Waals surface area contributed by atoms with Crippen LogP contribution in [0.1, 0.15) is 16.8 Å². The highest BCUT2D eigenvalue weighted by atomic mass is 35.5. The number of carbonyl (C=O) groups excluding carboxylic acids is 1. The van der Waals surface area contributed by atoms with E-state index >= 15 is 0 Å². The molecule has 1 aliphatic heterocycles. The van der Waals surface area contributed by atoms with Crippen LogP contribution in [0.4, 0.5) is 5.69 Å². The van der Waals surface area contributed by atoms with Gasteiger partial charge in [-0.05, 0) is 24.3 Å². The Morgan fingerprint density at radius 2 is 2.38 bits per heavy atom. The average molecular weight is 256 g/mol. The molecule has 2 rings (SSSR count). The van der Waals surface area contributed by atoms with Crippen LogP contribution in [0.3, 0.4) is 0 Å². The quantitative estimate of drug-likeness (QED) is 0.775. The summed E-state index contributed by atoms with van der Waals surface area (Å²) in [6.07, 6.45) is 2.03. The third-order valence-corrected chi connectivity index (χ3v) is 4.40. The zero-order valence-corrected chi connectivity index (χ0v) is 10.7. The van der Waals surface area contributed by atoms with Gasteiger partial charge in [0.2, 0.25) is 0 Å². The smallest absolute Gasteiger partial charge is 0.152 e. The molecule has 0 N–H and O–H groups in total. The van der Waals surface area contributed by atoms with Crippen molar-refractivity contribution >= 4 is 35.3 Å². The Hall–Kier alpha value is -0.670. The molecule has 4 heteroatoms. The van der Waals surface area contributed by atoms with Gasteiger partial charge in [-0.2, -0.15) is 11.8 Å². The third-order valence-electron chi connectivity index (χ3n) is 2.95. The molecule has 2 nitrogen and oxygen atoms in total. The number of anilines is 1. The molecule has 0 radical (unpaired) electrons. The fourth-order valence-electron chi connectivity index (χ4n) is 2.01. The predicted molar refractivity (Wildman–Crippen MR) is 71.0 cm³/mol. The summed E-state index contributed by atoms with van der Waals surface area (Å²) < 4.78 is 0. The summed E-state index contributed by atoms with van der Waals surface area (Å²) in [5, 5.41) is 0.656. The van der Waals surface area contributed by atoms with Crippen molar-refractivity contribution in [3.8, 4) is 0 Å². The Morgan fingerprint density at radius 1 is 1.56 bits per heavy atom. The van der Waals surface area contributed by atoms with E-state index in [1.807, 2.05) is 37.0 Å². The van der Waals surface area contributed by atoms with E-state index in [0.717, 1.165) is 24.1 Å². The molecule has 86 valence electrons. The van der Waals surface area contributed by atoms with Crippen LogP contribution in [0.15, 0.2) is 18.2 Å². The van der Waals surface area contributed by atoms with Crippen LogP contribution in [0.25, 0.3) is 0 Å². The highest BCUT2D eigenvalue weighted by Crippen LogP contribution is 2.33. The Labute approximate surface area is 105 Å². The van der Waals surface area contributed by atoms with E-state index < -0.39 is 0 Å². The zero-order valence-electron chi connectivity index (χ0n) is 9.15. The molecule has 0 aliphatic carbocycles. The maximum Gasteiger partial charge on any atom is 0.152 e. The largest absolute Gasteiger partial charge is 0.369 e. The second kappa shape index (κ2) is 5.11. The number of hydrogen-bond donors (Lipinski definition) is 0. The second-order valence-corrected chi connectivity index (χ2v) is 5.48. The minimum absolute atomic E-state index is 0.489. The number of thioether (sulfide) groups is 1. The summed E-state index contributed by atoms with van der Waals surface area (Å²) in [5.74, 6) is 2.30. The van der Waals surface area contributed by atoms with Crippen molar-refractivity contribution in [2.24, 2.45) is 0 Å². The van der Waals surface area contributed by atoms with Gasteiger partial charge in [-0.25, -0.2) is 0 Å². The van der Waals surface area contributed by atoms with Gasteiger partial charge in [0.15, 0.2) is 6.29 Å². The van der Waals surface area contributed by atoms with Gasteiger partial charge < -0.3 is 4.90 Å². The average Bonchev–Trinajstić information content (AvgIpc) is 2.81. The fraction of sp³-hybridized carbons (Fsp3) is 0.417. The van der Waals surface area contributed by atoms with E-state index in [0.29, 0.717) is 16.6 Å². The third kappa shape index (κ3) is 2.20. The normalized spacial score (nSPS) is 19.8. The van der Waals surface area contributed by atoms with Crippen LogP contribution < -0.4 is 4.90 Å². The standard InChI is InChI=1S/C12H14ClNOS/c1-14(10-5-6-16-8-10)12-9(7-15)3-2-4-11(12)13/h2-4,7,10H,5-6,8H2,1H3. The molecule has 0 aromatic heterocycles. The van der Waals surface area contributed by atoms with E-state index in [1.54, 1.807) is 0 Å². The summed E-state index contributed by atoms with van der Waals surface area (Å²) >= 11 is 8.13. The Bertz CT molecular complexity index is 391. The number of carbonyl (C=O) groups is 1. The van der Waals surface area contributed by atoms with Gasteiger partial charge in [0, 0.05) is 24.4 Å². The lowest BCUT2D eigenvalue weighted by molar-refractivity contribution is 0.112. The SMILES string of the molecule is CN(c1c(Cl)cccc1C=O)C1CCSC1. The molecule has 0 amide bonds. The lowest BCUT2D eigenvalue weighted by Gasteiger charge is -2.28. The van der Waals surface area contributed by atoms with Gasteiger partial charge in [-0.3, -0.25) is 4.79 Å². The summed E-state index contributed by atoms with van der Waals surface area (Å²) in [6, 6.07) is 5.95. The molecule has 1 aliphatic rings. The first-order valence-corrected chi connectivity index (χ1v) is 6.81. The molecule has 0 saturated carbocycles. The number of para-hydroxylation sites is 1. The van der Waals surface area contributed by atoms with Crippen molar-refractivity contribution in [1.82, 2.24) is 0 Å². The van der Waals surface area contributed by atoms with E-state index in [1.165, 1.54) is 5.75 Å². The van der Waals surface area contributed by atoms with Crippen molar-refractivity contribution in [1.29, 1.82) is 0 Å². The molecular formula is C12H14ClNOS. The van der Waals surface area contributed by atoms with Crippen molar-refractivity contribution < 1.29 is 4.79 Å². The molecule has 1 fully saturated rings. The monoisotopic (exact) mass is 255 g/mol. The molecule has 1 aromatic rings. The fourth-order valence-corrected chi connectivity index (χ4v) is 3.59. The minimum atomic E-state index is 0.489. The molecule has 1 heterocycles. The topological polar surface area (TPSA) is 20.3 Å². The Morgan fingerprint density at radius 3 is 3.00 bits per heavy atom. The number of rotatable bonds is 3. The summed E-state index contributed by atoms with van der Waals surface area (Å²) in [5.41, 5.74) is 1.54. The molecule has 1 aromatic carbocycles. The van der Waals surface area contributed by atoms with E-state index in [2.05, 4.69) is 4.90 Å². The van der Waals surface area contributed by atoms with Crippen molar-refractivity contribution in [2.75, 3.05) is 23.5 Å². The number of halogens is 1. The maximum absolute atomic E-state index is 11.0. The molecule has 1 saturated heterocycles. The first-order chi connectivity index (χ1) is 7.74. The minimum Gasteiger partial charge on any atom is -0.369 e. The number of aldehydes is 1. The van der Waals surface area contributed by atoms with Crippen LogP contribution >= 0.6 is 23.4 Å². The predicted octanol–water partition coefficient (Wildman–Crippen LogP) is 3.09. The van der Waals surface area contributed by atoms with Crippen LogP contribution in [0.2, 0.25) is 5.02 Å². The molecular weight excluding hydrogens is 242 g/mol. The highest BCUT2D eigenvalue weighted by Gasteiger charge is 2.23. The van der Waals surface area contributed by atoms with Gasteiger partial charge in [-0.15, -0.1) is 0 Å². The Balaban J connectivity index is 2.33. The first-order valence-electron chi connectivity index (χ1n) is 5.28. The number of hydrogen-bond acceptors (Lipinski definition) is 3. The molecule has 1 atom stereocenters. The van der Waals surface area contributed by atoms with Crippen molar-refractivity contribution in [3.63, 3.8) is 0 Å². The lowest BCUT2D eigenvalue weighted by atomic mass is 10.1. The Kier molecular flexibility index (Phi) is 3.77. The van der Waals surface area contributed by atoms with Crippen LogP contribution in [-0.2, 0) is 0 Å². The maximum atomic E-state index is 11.0. The van der Waals surface area contributed by atoms with Crippen LogP contribution in [0.5, 0.6) is 0 Å². The molecule has 1 unspecified atom stereocenters. The summed E-state index contributed by atoms with van der Waals surface area (Å²) in [6.45, 7) is 0. The number of nitrogens with zero attached hydrogens (tertiary/aromatic N) is 1. The van der Waals surface area contributed by atoms with Gasteiger partial charge in [0.1, 0.15) is 0 Å². The van der Waals surface area contributed by atoms with E-state index in [9.17, 15) is 4.79 Å². The second-order valence-electron chi connectivity index (χ2n) is 3.92. The van der Waals surface area contributed by atoms with Gasteiger partial charge in [0.25, 0.3) is 0 Å². The number of benzene rings is 1. The van der Waals surface area contributed by atoms with Crippen molar-refractivity contribution in [3.05, 3.63) is 28.8 Å². The van der Waals surface area contributed by atoms with E-state index in [-0.39, 0.29) is 0 Å². The summed E-state index contributed by atoms with van der Waals surface area (Å²) in [7, 11) is 2.02.